The third-order valence-electron chi connectivity index (χ3n) is 3.65. The molecule has 154 valence electrons. The summed E-state index contributed by atoms with van der Waals surface area (Å²) in [5.74, 6) is -3.14. The van der Waals surface area contributed by atoms with Crippen molar-refractivity contribution in [1.29, 1.82) is 5.26 Å². The first kappa shape index (κ1) is 24.2. The van der Waals surface area contributed by atoms with Crippen molar-refractivity contribution in [3.63, 3.8) is 0 Å². The van der Waals surface area contributed by atoms with Crippen LogP contribution in [-0.2, 0) is 11.3 Å². The van der Waals surface area contributed by atoms with Crippen molar-refractivity contribution in [2.45, 2.75) is 32.4 Å². The predicted octanol–water partition coefficient (Wildman–Crippen LogP) is 4.70. The Balaban J connectivity index is 0.000000267. The minimum atomic E-state index is -3.14. The van der Waals surface area contributed by atoms with Crippen molar-refractivity contribution < 1.29 is 13.6 Å². The third kappa shape index (κ3) is 9.28. The number of aromatic nitrogens is 2. The SMILES string of the molecule is CC(F)(F)C=O.CNC(C)Cn1ncc2cc(C#N)ccc21.Clc1ccccc1. The fourth-order valence-corrected chi connectivity index (χ4v) is 2.21. The highest BCUT2D eigenvalue weighted by molar-refractivity contribution is 6.30. The van der Waals surface area contributed by atoms with E-state index >= 15 is 0 Å². The van der Waals surface area contributed by atoms with Crippen molar-refractivity contribution in [3.8, 4) is 6.07 Å². The van der Waals surface area contributed by atoms with Gasteiger partial charge in [0.2, 0.25) is 0 Å². The number of rotatable bonds is 4. The predicted molar refractivity (Wildman–Crippen MR) is 111 cm³/mol. The van der Waals surface area contributed by atoms with Gasteiger partial charge in [-0.3, -0.25) is 9.48 Å². The number of hydrogen-bond acceptors (Lipinski definition) is 4. The summed E-state index contributed by atoms with van der Waals surface area (Å²) < 4.78 is 24.1. The first-order valence-electron chi connectivity index (χ1n) is 8.77. The maximum Gasteiger partial charge on any atom is 0.299 e. The van der Waals surface area contributed by atoms with Crippen LogP contribution in [0.25, 0.3) is 10.9 Å². The van der Waals surface area contributed by atoms with Gasteiger partial charge in [0.05, 0.1) is 29.9 Å². The molecule has 1 aromatic heterocycles. The standard InChI is InChI=1S/C12H14N4.C6H5Cl.C3H4F2O/c1-9(14-2)8-16-12-4-3-10(6-13)5-11(12)7-15-16;7-6-4-2-1-3-5-6;1-3(4,5)2-6/h3-5,7,9,14H,8H2,1-2H3;1-5H;2H,1H3. The molecule has 0 spiro atoms. The van der Waals surface area contributed by atoms with Gasteiger partial charge in [0.25, 0.3) is 5.92 Å². The van der Waals surface area contributed by atoms with E-state index in [4.69, 9.17) is 21.7 Å². The van der Waals surface area contributed by atoms with Gasteiger partial charge in [-0.25, -0.2) is 0 Å². The summed E-state index contributed by atoms with van der Waals surface area (Å²) in [6.45, 7) is 3.48. The van der Waals surface area contributed by atoms with Gasteiger partial charge >= 0.3 is 0 Å². The maximum atomic E-state index is 11.1. The molecule has 3 aromatic rings. The number of benzene rings is 2. The summed E-state index contributed by atoms with van der Waals surface area (Å²) in [5, 5.41) is 18.1. The monoisotopic (exact) mass is 420 g/mol. The number of fused-ring (bicyclic) bond motifs is 1. The summed E-state index contributed by atoms with van der Waals surface area (Å²) in [5.41, 5.74) is 1.75. The molecular weight excluding hydrogens is 398 g/mol. The van der Waals surface area contributed by atoms with Gasteiger partial charge in [0, 0.05) is 23.4 Å². The molecule has 8 heteroatoms. The van der Waals surface area contributed by atoms with Gasteiger partial charge in [-0.1, -0.05) is 29.8 Å². The van der Waals surface area contributed by atoms with Gasteiger partial charge < -0.3 is 5.32 Å². The van der Waals surface area contributed by atoms with E-state index in [0.717, 1.165) is 22.5 Å². The number of nitriles is 1. The average molecular weight is 421 g/mol. The molecule has 29 heavy (non-hydrogen) atoms. The van der Waals surface area contributed by atoms with Crippen molar-refractivity contribution in [2.24, 2.45) is 0 Å². The molecule has 0 aliphatic carbocycles. The van der Waals surface area contributed by atoms with E-state index in [1.807, 2.05) is 60.3 Å². The zero-order valence-corrected chi connectivity index (χ0v) is 17.2. The van der Waals surface area contributed by atoms with Crippen molar-refractivity contribution in [1.82, 2.24) is 15.1 Å². The molecule has 0 fully saturated rings. The van der Waals surface area contributed by atoms with Crippen molar-refractivity contribution in [2.75, 3.05) is 7.05 Å². The molecular formula is C21H23ClF2N4O. The normalized spacial score (nSPS) is 11.3. The number of nitrogens with one attached hydrogen (secondary N) is 1. The molecule has 1 atom stereocenters. The van der Waals surface area contributed by atoms with Gasteiger partial charge in [-0.05, 0) is 44.3 Å². The van der Waals surface area contributed by atoms with Crippen molar-refractivity contribution >= 4 is 28.8 Å². The fraction of sp³-hybridized carbons (Fsp3) is 0.286. The van der Waals surface area contributed by atoms with Crippen LogP contribution in [0, 0.1) is 11.3 Å². The molecule has 0 radical (unpaired) electrons. The van der Waals surface area contributed by atoms with Crippen LogP contribution in [0.15, 0.2) is 54.7 Å². The zero-order chi connectivity index (χ0) is 21.9. The molecule has 5 nitrogen and oxygen atoms in total. The lowest BCUT2D eigenvalue weighted by Gasteiger charge is -2.10. The molecule has 2 aromatic carbocycles. The largest absolute Gasteiger partial charge is 0.315 e. The van der Waals surface area contributed by atoms with Crippen LogP contribution in [0.2, 0.25) is 5.02 Å². The quantitative estimate of drug-likeness (QED) is 0.621. The maximum absolute atomic E-state index is 11.1. The van der Waals surface area contributed by atoms with Crippen LogP contribution in [0.5, 0.6) is 0 Å². The molecule has 1 heterocycles. The molecule has 0 amide bonds. The highest BCUT2D eigenvalue weighted by Crippen LogP contribution is 2.15. The van der Waals surface area contributed by atoms with E-state index < -0.39 is 12.2 Å². The highest BCUT2D eigenvalue weighted by Gasteiger charge is 2.17. The lowest BCUT2D eigenvalue weighted by molar-refractivity contribution is -0.126. The van der Waals surface area contributed by atoms with E-state index in [1.165, 1.54) is 0 Å². The highest BCUT2D eigenvalue weighted by atomic mass is 35.5. The van der Waals surface area contributed by atoms with E-state index in [1.54, 1.807) is 6.20 Å². The molecule has 0 saturated heterocycles. The van der Waals surface area contributed by atoms with Gasteiger partial charge in [0.15, 0.2) is 6.29 Å². The molecule has 0 bridgehead atoms. The third-order valence-corrected chi connectivity index (χ3v) is 3.90. The first-order valence-corrected chi connectivity index (χ1v) is 9.15. The number of nitrogens with zero attached hydrogens (tertiary/aromatic N) is 3. The number of hydrogen-bond donors (Lipinski definition) is 1. The average Bonchev–Trinajstić information content (AvgIpc) is 3.10. The minimum Gasteiger partial charge on any atom is -0.315 e. The number of aldehydes is 1. The minimum absolute atomic E-state index is 0.374. The van der Waals surface area contributed by atoms with Gasteiger partial charge in [0.1, 0.15) is 0 Å². The van der Waals surface area contributed by atoms with Crippen LogP contribution in [0.1, 0.15) is 19.4 Å². The van der Waals surface area contributed by atoms with Gasteiger partial charge in [-0.2, -0.15) is 19.1 Å². The number of carbonyl (C=O) groups is 1. The Morgan fingerprint density at radius 3 is 2.38 bits per heavy atom. The summed E-state index contributed by atoms with van der Waals surface area (Å²) in [4.78, 5) is 9.08. The Kier molecular flexibility index (Phi) is 9.93. The Morgan fingerprint density at radius 1 is 1.31 bits per heavy atom. The van der Waals surface area contributed by atoms with Crippen LogP contribution >= 0.6 is 11.6 Å². The molecule has 0 saturated carbocycles. The smallest absolute Gasteiger partial charge is 0.299 e. The second-order valence-electron chi connectivity index (χ2n) is 6.27. The van der Waals surface area contributed by atoms with E-state index in [-0.39, 0.29) is 0 Å². The second-order valence-corrected chi connectivity index (χ2v) is 6.71. The molecule has 1 unspecified atom stereocenters. The van der Waals surface area contributed by atoms with Crippen LogP contribution in [-0.4, -0.2) is 35.1 Å². The number of halogens is 3. The lowest BCUT2D eigenvalue weighted by Crippen LogP contribution is -2.27. The first-order chi connectivity index (χ1) is 13.7. The Hall–Kier alpha value is -2.82. The van der Waals surface area contributed by atoms with E-state index in [9.17, 15) is 8.78 Å². The van der Waals surface area contributed by atoms with Crippen LogP contribution in [0.3, 0.4) is 0 Å². The van der Waals surface area contributed by atoms with E-state index in [0.29, 0.717) is 18.5 Å². The molecule has 0 aliphatic rings. The second kappa shape index (κ2) is 11.9. The number of likely N-dealkylation sites (N-methyl/N-ethyl adjacent to an activating group) is 1. The summed E-state index contributed by atoms with van der Waals surface area (Å²) in [6, 6.07) is 17.6. The topological polar surface area (TPSA) is 70.7 Å². The Morgan fingerprint density at radius 2 is 1.93 bits per heavy atom. The molecule has 1 N–H and O–H groups in total. The molecule has 3 rings (SSSR count). The molecule has 0 aliphatic heterocycles. The number of alkyl halides is 2. The van der Waals surface area contributed by atoms with Crippen LogP contribution in [0.4, 0.5) is 8.78 Å². The van der Waals surface area contributed by atoms with Crippen molar-refractivity contribution in [3.05, 3.63) is 65.3 Å². The number of carbonyl (C=O) groups excluding carboxylic acids is 1. The Labute approximate surface area is 173 Å². The lowest BCUT2D eigenvalue weighted by atomic mass is 10.2. The summed E-state index contributed by atoms with van der Waals surface area (Å²) >= 11 is 5.54. The van der Waals surface area contributed by atoms with Crippen LogP contribution < -0.4 is 5.32 Å². The zero-order valence-electron chi connectivity index (χ0n) is 16.4. The summed E-state index contributed by atoms with van der Waals surface area (Å²) in [6.07, 6.45) is 1.41. The van der Waals surface area contributed by atoms with Gasteiger partial charge in [-0.15, -0.1) is 0 Å². The van der Waals surface area contributed by atoms with E-state index in [2.05, 4.69) is 23.4 Å². The summed E-state index contributed by atoms with van der Waals surface area (Å²) in [7, 11) is 1.93. The Bertz CT molecular complexity index is 933. The fourth-order valence-electron chi connectivity index (χ4n) is 2.07.